The average molecular weight is 229 g/mol. The van der Waals surface area contributed by atoms with Crippen molar-refractivity contribution in [2.45, 2.75) is 37.6 Å². The molecule has 1 heterocycles. The zero-order valence-electron chi connectivity index (χ0n) is 8.85. The Morgan fingerprint density at radius 2 is 2.13 bits per heavy atom. The first-order chi connectivity index (χ1) is 6.87. The van der Waals surface area contributed by atoms with Gasteiger partial charge in [-0.2, -0.15) is 4.39 Å². The molecule has 0 amide bonds. The quantitative estimate of drug-likeness (QED) is 0.791. The van der Waals surface area contributed by atoms with Crippen molar-refractivity contribution in [2.75, 3.05) is 0 Å². The van der Waals surface area contributed by atoms with Crippen LogP contribution >= 0.6 is 11.6 Å². The third-order valence-corrected chi connectivity index (χ3v) is 3.51. The fourth-order valence-electron chi connectivity index (χ4n) is 2.14. The Kier molecular flexibility index (Phi) is 2.28. The molecule has 0 radical (unpaired) electrons. The molecule has 1 saturated carbocycles. The fourth-order valence-corrected chi connectivity index (χ4v) is 2.30. The Bertz CT molecular complexity index is 394. The molecule has 2 nitrogen and oxygen atoms in total. The molecule has 2 N–H and O–H groups in total. The number of rotatable bonds is 2. The van der Waals surface area contributed by atoms with Crippen molar-refractivity contribution >= 4 is 11.6 Å². The van der Waals surface area contributed by atoms with E-state index >= 15 is 0 Å². The van der Waals surface area contributed by atoms with Crippen LogP contribution in [0.1, 0.15) is 32.3 Å². The van der Waals surface area contributed by atoms with Crippen molar-refractivity contribution in [2.24, 2.45) is 5.73 Å². The molecule has 1 aromatic rings. The molecule has 0 saturated heterocycles. The summed E-state index contributed by atoms with van der Waals surface area (Å²) in [7, 11) is 0. The van der Waals surface area contributed by atoms with Crippen LogP contribution in [0.3, 0.4) is 0 Å². The van der Waals surface area contributed by atoms with Gasteiger partial charge in [-0.05, 0) is 32.8 Å². The summed E-state index contributed by atoms with van der Waals surface area (Å²) in [6.45, 7) is 3.83. The van der Waals surface area contributed by atoms with E-state index in [4.69, 9.17) is 17.3 Å². The third kappa shape index (κ3) is 1.64. The molecule has 0 unspecified atom stereocenters. The molecule has 4 heteroatoms. The van der Waals surface area contributed by atoms with Gasteiger partial charge in [0.2, 0.25) is 5.95 Å². The number of hydrogen-bond donors (Lipinski definition) is 1. The second kappa shape index (κ2) is 3.16. The predicted octanol–water partition coefficient (Wildman–Crippen LogP) is 2.64. The maximum Gasteiger partial charge on any atom is 0.216 e. The van der Waals surface area contributed by atoms with E-state index < -0.39 is 11.5 Å². The van der Waals surface area contributed by atoms with Crippen LogP contribution in [-0.4, -0.2) is 10.5 Å². The molecule has 0 aromatic carbocycles. The molecule has 0 atom stereocenters. The van der Waals surface area contributed by atoms with E-state index in [2.05, 4.69) is 4.98 Å². The standard InChI is InChI=1S/C11H14ClFN2/c1-10(2,14)11(3-4-11)8-5-7(12)6-15-9(8)13/h5-6H,3-4,14H2,1-2H3. The summed E-state index contributed by atoms with van der Waals surface area (Å²) in [5.41, 5.74) is 5.92. The lowest BCUT2D eigenvalue weighted by Gasteiger charge is -2.31. The lowest BCUT2D eigenvalue weighted by molar-refractivity contribution is 0.374. The summed E-state index contributed by atoms with van der Waals surface area (Å²) in [6.07, 6.45) is 3.12. The van der Waals surface area contributed by atoms with Crippen molar-refractivity contribution in [1.82, 2.24) is 4.98 Å². The van der Waals surface area contributed by atoms with Gasteiger partial charge in [-0.25, -0.2) is 4.98 Å². The molecule has 15 heavy (non-hydrogen) atoms. The summed E-state index contributed by atoms with van der Waals surface area (Å²) in [5, 5.41) is 0.460. The van der Waals surface area contributed by atoms with E-state index in [9.17, 15) is 4.39 Å². The monoisotopic (exact) mass is 228 g/mol. The van der Waals surface area contributed by atoms with Crippen molar-refractivity contribution < 1.29 is 4.39 Å². The molecule has 0 aliphatic heterocycles. The number of hydrogen-bond acceptors (Lipinski definition) is 2. The summed E-state index contributed by atoms with van der Waals surface area (Å²) >= 11 is 5.83. The molecule has 0 bridgehead atoms. The average Bonchev–Trinajstić information content (AvgIpc) is 2.88. The zero-order valence-corrected chi connectivity index (χ0v) is 9.61. The van der Waals surface area contributed by atoms with Crippen molar-refractivity contribution in [3.63, 3.8) is 0 Å². The number of aromatic nitrogens is 1. The van der Waals surface area contributed by atoms with Gasteiger partial charge in [-0.1, -0.05) is 11.6 Å². The summed E-state index contributed by atoms with van der Waals surface area (Å²) in [6, 6.07) is 1.64. The predicted molar refractivity (Wildman–Crippen MR) is 58.4 cm³/mol. The van der Waals surface area contributed by atoms with E-state index in [0.717, 1.165) is 12.8 Å². The van der Waals surface area contributed by atoms with Gasteiger partial charge in [0.25, 0.3) is 0 Å². The number of pyridine rings is 1. The highest BCUT2D eigenvalue weighted by Crippen LogP contribution is 2.55. The Balaban J connectivity index is 2.50. The van der Waals surface area contributed by atoms with Crippen LogP contribution in [-0.2, 0) is 5.41 Å². The molecular formula is C11H14ClFN2. The van der Waals surface area contributed by atoms with Gasteiger partial charge in [0.1, 0.15) is 0 Å². The van der Waals surface area contributed by atoms with Crippen molar-refractivity contribution in [3.05, 3.63) is 28.8 Å². The molecule has 1 aliphatic rings. The van der Waals surface area contributed by atoms with Crippen molar-refractivity contribution in [3.8, 4) is 0 Å². The summed E-state index contributed by atoms with van der Waals surface area (Å²) in [5.74, 6) is -0.449. The second-order valence-corrected chi connectivity index (χ2v) is 5.23. The molecule has 1 fully saturated rings. The Morgan fingerprint density at radius 1 is 1.53 bits per heavy atom. The fraction of sp³-hybridized carbons (Fsp3) is 0.545. The smallest absolute Gasteiger partial charge is 0.216 e. The SMILES string of the molecule is CC(C)(N)C1(c2cc(Cl)cnc2F)CC1. The number of halogens is 2. The van der Waals surface area contributed by atoms with Gasteiger partial charge >= 0.3 is 0 Å². The van der Waals surface area contributed by atoms with Gasteiger partial charge in [-0.3, -0.25) is 0 Å². The van der Waals surface area contributed by atoms with E-state index in [0.29, 0.717) is 10.6 Å². The van der Waals surface area contributed by atoms with Gasteiger partial charge in [0.05, 0.1) is 5.02 Å². The first kappa shape index (κ1) is 10.8. The summed E-state index contributed by atoms with van der Waals surface area (Å²) in [4.78, 5) is 3.64. The molecule has 82 valence electrons. The highest BCUT2D eigenvalue weighted by molar-refractivity contribution is 6.30. The Morgan fingerprint density at radius 3 is 2.60 bits per heavy atom. The normalized spacial score (nSPS) is 19.0. The topological polar surface area (TPSA) is 38.9 Å². The zero-order chi connectivity index (χ0) is 11.3. The second-order valence-electron chi connectivity index (χ2n) is 4.80. The molecular weight excluding hydrogens is 215 g/mol. The lowest BCUT2D eigenvalue weighted by atomic mass is 9.80. The Labute approximate surface area is 93.6 Å². The minimum Gasteiger partial charge on any atom is -0.325 e. The molecule has 0 spiro atoms. The third-order valence-electron chi connectivity index (χ3n) is 3.30. The van der Waals surface area contributed by atoms with Gasteiger partial charge in [-0.15, -0.1) is 0 Å². The number of nitrogens with zero attached hydrogens (tertiary/aromatic N) is 1. The van der Waals surface area contributed by atoms with E-state index in [1.165, 1.54) is 6.20 Å². The van der Waals surface area contributed by atoms with Crippen molar-refractivity contribution in [1.29, 1.82) is 0 Å². The highest BCUT2D eigenvalue weighted by atomic mass is 35.5. The lowest BCUT2D eigenvalue weighted by Crippen LogP contribution is -2.45. The molecule has 1 aromatic heterocycles. The Hall–Kier alpha value is -0.670. The van der Waals surface area contributed by atoms with Gasteiger partial charge < -0.3 is 5.73 Å². The van der Waals surface area contributed by atoms with Crippen LogP contribution < -0.4 is 5.73 Å². The summed E-state index contributed by atoms with van der Waals surface area (Å²) < 4.78 is 13.6. The van der Waals surface area contributed by atoms with Crippen LogP contribution in [0, 0.1) is 5.95 Å². The van der Waals surface area contributed by atoms with Crippen LogP contribution in [0.2, 0.25) is 5.02 Å². The maximum atomic E-state index is 13.6. The first-order valence-electron chi connectivity index (χ1n) is 4.97. The largest absolute Gasteiger partial charge is 0.325 e. The number of nitrogens with two attached hydrogens (primary N) is 1. The maximum absolute atomic E-state index is 13.6. The van der Waals surface area contributed by atoms with Crippen LogP contribution in [0.4, 0.5) is 4.39 Å². The molecule has 1 aliphatic carbocycles. The van der Waals surface area contributed by atoms with Crippen LogP contribution in [0.15, 0.2) is 12.3 Å². The van der Waals surface area contributed by atoms with Crippen LogP contribution in [0.25, 0.3) is 0 Å². The van der Waals surface area contributed by atoms with E-state index in [1.54, 1.807) is 6.07 Å². The minimum absolute atomic E-state index is 0.283. The van der Waals surface area contributed by atoms with Crippen LogP contribution in [0.5, 0.6) is 0 Å². The van der Waals surface area contributed by atoms with Gasteiger partial charge in [0.15, 0.2) is 0 Å². The highest BCUT2D eigenvalue weighted by Gasteiger charge is 2.55. The van der Waals surface area contributed by atoms with E-state index in [1.807, 2.05) is 13.8 Å². The van der Waals surface area contributed by atoms with E-state index in [-0.39, 0.29) is 5.41 Å². The molecule has 2 rings (SSSR count). The van der Waals surface area contributed by atoms with Gasteiger partial charge in [0, 0.05) is 22.7 Å². The minimum atomic E-state index is -0.449. The first-order valence-corrected chi connectivity index (χ1v) is 5.35.